The number of nitrogens with one attached hydrogen (secondary N) is 1. The molecule has 1 atom stereocenters. The summed E-state index contributed by atoms with van der Waals surface area (Å²) >= 11 is 4.25. The topological polar surface area (TPSA) is 86.1 Å². The first-order valence-corrected chi connectivity index (χ1v) is 13.6. The van der Waals surface area contributed by atoms with E-state index in [1.54, 1.807) is 22.5 Å². The first-order chi connectivity index (χ1) is 16.1. The summed E-state index contributed by atoms with van der Waals surface area (Å²) in [6, 6.07) is 11.5. The second kappa shape index (κ2) is 9.84. The van der Waals surface area contributed by atoms with Crippen LogP contribution in [0.4, 0.5) is 5.69 Å². The standard InChI is InChI=1S/C23H22N4O3S3/c1-31-16-7-2-5-14(11-16)25-18(28)13-32-23-26-19-17-8-3-9-24-21(17)33-20(19)22(29)27(23)12-15-6-4-10-30-15/h2-3,5,7-9,11,15H,4,6,10,12-13H2,1H3,(H,25,28)/t15-/m0/s1. The molecule has 3 aromatic heterocycles. The first kappa shape index (κ1) is 22.4. The molecule has 0 spiro atoms. The smallest absolute Gasteiger partial charge is 0.272 e. The number of rotatable bonds is 7. The van der Waals surface area contributed by atoms with Crippen molar-refractivity contribution in [2.24, 2.45) is 0 Å². The van der Waals surface area contributed by atoms with Gasteiger partial charge in [0.15, 0.2) is 5.16 Å². The predicted molar refractivity (Wildman–Crippen MR) is 136 cm³/mol. The van der Waals surface area contributed by atoms with Gasteiger partial charge in [0.05, 0.1) is 23.9 Å². The lowest BCUT2D eigenvalue weighted by Crippen LogP contribution is -2.28. The number of hydrogen-bond acceptors (Lipinski definition) is 8. The molecule has 4 heterocycles. The van der Waals surface area contributed by atoms with Crippen LogP contribution in [-0.2, 0) is 16.1 Å². The van der Waals surface area contributed by atoms with E-state index >= 15 is 0 Å². The second-order valence-corrected chi connectivity index (χ2v) is 10.5. The van der Waals surface area contributed by atoms with Crippen molar-refractivity contribution in [2.75, 3.05) is 23.9 Å². The Kier molecular flexibility index (Phi) is 6.68. The number of benzene rings is 1. The van der Waals surface area contributed by atoms with Crippen molar-refractivity contribution in [2.45, 2.75) is 35.5 Å². The van der Waals surface area contributed by atoms with Crippen molar-refractivity contribution in [3.05, 3.63) is 52.9 Å². The van der Waals surface area contributed by atoms with Gasteiger partial charge in [0.25, 0.3) is 5.56 Å². The molecule has 1 saturated heterocycles. The number of carbonyl (C=O) groups is 1. The molecule has 4 aromatic rings. The van der Waals surface area contributed by atoms with Crippen LogP contribution in [0.5, 0.6) is 0 Å². The first-order valence-electron chi connectivity index (χ1n) is 10.6. The zero-order chi connectivity index (χ0) is 22.8. The van der Waals surface area contributed by atoms with Crippen LogP contribution in [0.15, 0.2) is 57.4 Å². The summed E-state index contributed by atoms with van der Waals surface area (Å²) in [6.45, 7) is 1.14. The van der Waals surface area contributed by atoms with Crippen molar-refractivity contribution in [1.82, 2.24) is 14.5 Å². The van der Waals surface area contributed by atoms with E-state index in [0.717, 1.165) is 33.6 Å². The van der Waals surface area contributed by atoms with Gasteiger partial charge in [-0.25, -0.2) is 9.97 Å². The number of thiophene rings is 1. The Hall–Kier alpha value is -2.40. The van der Waals surface area contributed by atoms with Gasteiger partial charge in [0.2, 0.25) is 5.91 Å². The molecule has 1 aromatic carbocycles. The number of pyridine rings is 1. The third kappa shape index (κ3) is 4.79. The average molecular weight is 499 g/mol. The van der Waals surface area contributed by atoms with Gasteiger partial charge in [0, 0.05) is 28.8 Å². The van der Waals surface area contributed by atoms with E-state index in [4.69, 9.17) is 9.72 Å². The molecule has 1 amide bonds. The van der Waals surface area contributed by atoms with Crippen LogP contribution in [0.25, 0.3) is 20.4 Å². The van der Waals surface area contributed by atoms with Crippen molar-refractivity contribution in [3.63, 3.8) is 0 Å². The highest BCUT2D eigenvalue weighted by Crippen LogP contribution is 2.31. The normalized spacial score (nSPS) is 16.0. The number of fused-ring (bicyclic) bond motifs is 3. The van der Waals surface area contributed by atoms with E-state index < -0.39 is 0 Å². The largest absolute Gasteiger partial charge is 0.376 e. The van der Waals surface area contributed by atoms with Crippen LogP contribution in [-0.4, -0.2) is 45.2 Å². The molecule has 0 bridgehead atoms. The van der Waals surface area contributed by atoms with Gasteiger partial charge in [-0.1, -0.05) is 17.8 Å². The summed E-state index contributed by atoms with van der Waals surface area (Å²) in [6.07, 6.45) is 5.60. The minimum atomic E-state index is -0.145. The summed E-state index contributed by atoms with van der Waals surface area (Å²) in [5.41, 5.74) is 1.30. The maximum absolute atomic E-state index is 13.4. The Morgan fingerprint density at radius 2 is 2.24 bits per heavy atom. The highest BCUT2D eigenvalue weighted by Gasteiger charge is 2.22. The molecule has 0 unspecified atom stereocenters. The Bertz CT molecular complexity index is 1380. The summed E-state index contributed by atoms with van der Waals surface area (Å²) < 4.78 is 8.03. The van der Waals surface area contributed by atoms with E-state index in [2.05, 4.69) is 10.3 Å². The van der Waals surface area contributed by atoms with Crippen LogP contribution in [0.3, 0.4) is 0 Å². The molecule has 33 heavy (non-hydrogen) atoms. The molecular weight excluding hydrogens is 476 g/mol. The van der Waals surface area contributed by atoms with Gasteiger partial charge >= 0.3 is 0 Å². The monoisotopic (exact) mass is 498 g/mol. The van der Waals surface area contributed by atoms with Crippen LogP contribution in [0, 0.1) is 0 Å². The van der Waals surface area contributed by atoms with Crippen LogP contribution >= 0.6 is 34.9 Å². The quantitative estimate of drug-likeness (QED) is 0.293. The highest BCUT2D eigenvalue weighted by atomic mass is 32.2. The maximum Gasteiger partial charge on any atom is 0.272 e. The van der Waals surface area contributed by atoms with E-state index in [1.807, 2.05) is 42.7 Å². The third-order valence-corrected chi connectivity index (χ3v) is 8.21. The van der Waals surface area contributed by atoms with Crippen LogP contribution in [0.2, 0.25) is 0 Å². The minimum Gasteiger partial charge on any atom is -0.376 e. The van der Waals surface area contributed by atoms with Crippen LogP contribution < -0.4 is 10.9 Å². The van der Waals surface area contributed by atoms with Gasteiger partial charge in [-0.2, -0.15) is 0 Å². The van der Waals surface area contributed by atoms with Crippen molar-refractivity contribution in [3.8, 4) is 0 Å². The Balaban J connectivity index is 1.45. The van der Waals surface area contributed by atoms with Gasteiger partial charge in [-0.05, 0) is 49.4 Å². The molecule has 1 fully saturated rings. The minimum absolute atomic E-state index is 0.0167. The molecule has 0 saturated carbocycles. The average Bonchev–Trinajstić information content (AvgIpc) is 3.48. The number of nitrogens with zero attached hydrogens (tertiary/aromatic N) is 3. The summed E-state index contributed by atoms with van der Waals surface area (Å²) in [7, 11) is 0. The van der Waals surface area contributed by atoms with E-state index in [-0.39, 0.29) is 23.3 Å². The molecule has 1 aliphatic heterocycles. The van der Waals surface area contributed by atoms with Gasteiger partial charge in [-0.15, -0.1) is 23.1 Å². The van der Waals surface area contributed by atoms with Gasteiger partial charge < -0.3 is 10.1 Å². The molecule has 5 rings (SSSR count). The Morgan fingerprint density at radius 3 is 3.06 bits per heavy atom. The highest BCUT2D eigenvalue weighted by molar-refractivity contribution is 7.99. The molecule has 1 N–H and O–H groups in total. The number of anilines is 1. The van der Waals surface area contributed by atoms with E-state index in [0.29, 0.717) is 28.5 Å². The fraction of sp³-hybridized carbons (Fsp3) is 0.304. The summed E-state index contributed by atoms with van der Waals surface area (Å²) in [4.78, 5) is 37.2. The van der Waals surface area contributed by atoms with Crippen molar-refractivity contribution >= 4 is 66.9 Å². The molecule has 0 radical (unpaired) electrons. The van der Waals surface area contributed by atoms with E-state index in [9.17, 15) is 9.59 Å². The molecular formula is C23H22N4O3S3. The Morgan fingerprint density at radius 1 is 1.33 bits per heavy atom. The fourth-order valence-electron chi connectivity index (χ4n) is 3.83. The zero-order valence-electron chi connectivity index (χ0n) is 17.9. The second-order valence-electron chi connectivity index (χ2n) is 7.65. The summed E-state index contributed by atoms with van der Waals surface area (Å²) in [5, 5.41) is 4.32. The van der Waals surface area contributed by atoms with Crippen LogP contribution in [0.1, 0.15) is 12.8 Å². The molecule has 10 heteroatoms. The maximum atomic E-state index is 13.4. The predicted octanol–water partition coefficient (Wildman–Crippen LogP) is 4.64. The lowest BCUT2D eigenvalue weighted by atomic mass is 10.2. The number of ether oxygens (including phenoxy) is 1. The number of amides is 1. The summed E-state index contributed by atoms with van der Waals surface area (Å²) in [5.74, 6) is 0.000847. The Labute approximate surface area is 203 Å². The fourth-order valence-corrected chi connectivity index (χ4v) is 6.12. The zero-order valence-corrected chi connectivity index (χ0v) is 20.4. The van der Waals surface area contributed by atoms with Gasteiger partial charge in [0.1, 0.15) is 9.53 Å². The van der Waals surface area contributed by atoms with E-state index in [1.165, 1.54) is 23.1 Å². The molecule has 0 aliphatic carbocycles. The lowest BCUT2D eigenvalue weighted by Gasteiger charge is -2.15. The molecule has 1 aliphatic rings. The van der Waals surface area contributed by atoms with Gasteiger partial charge in [-0.3, -0.25) is 14.2 Å². The number of aromatic nitrogens is 3. The molecule has 170 valence electrons. The van der Waals surface area contributed by atoms with Crippen molar-refractivity contribution < 1.29 is 9.53 Å². The number of carbonyl (C=O) groups excluding carboxylic acids is 1. The lowest BCUT2D eigenvalue weighted by molar-refractivity contribution is -0.113. The number of thioether (sulfide) groups is 2. The molecule has 7 nitrogen and oxygen atoms in total. The third-order valence-electron chi connectivity index (χ3n) is 5.41. The van der Waals surface area contributed by atoms with Crippen molar-refractivity contribution in [1.29, 1.82) is 0 Å². The number of hydrogen-bond donors (Lipinski definition) is 1. The SMILES string of the molecule is CSc1cccc(NC(=O)CSc2nc3c(sc4ncccc43)c(=O)n2C[C@@H]2CCCO2)c1.